The first-order valence-corrected chi connectivity index (χ1v) is 7.89. The lowest BCUT2D eigenvalue weighted by Crippen LogP contribution is -2.02. The number of pyridine rings is 1. The molecule has 122 valence electrons. The molecule has 1 saturated carbocycles. The maximum Gasteiger partial charge on any atom is 0.162 e. The number of aromatic nitrogens is 3. The minimum Gasteiger partial charge on any atom is -0.493 e. The molecule has 0 aliphatic heterocycles. The zero-order valence-corrected chi connectivity index (χ0v) is 13.6. The predicted molar refractivity (Wildman–Crippen MR) is 92.5 cm³/mol. The molecule has 0 radical (unpaired) electrons. The van der Waals surface area contributed by atoms with Crippen LogP contribution in [0, 0.1) is 0 Å². The van der Waals surface area contributed by atoms with Crippen LogP contribution < -0.4 is 14.8 Å². The molecule has 24 heavy (non-hydrogen) atoms. The highest BCUT2D eigenvalue weighted by atomic mass is 16.5. The summed E-state index contributed by atoms with van der Waals surface area (Å²) in [5.41, 5.74) is 2.71. The summed E-state index contributed by atoms with van der Waals surface area (Å²) < 4.78 is 10.7. The Balaban J connectivity index is 1.77. The Bertz CT molecular complexity index is 876. The molecule has 1 aliphatic rings. The topological polar surface area (TPSA) is 69.2 Å². The first kappa shape index (κ1) is 14.7. The van der Waals surface area contributed by atoms with E-state index < -0.39 is 0 Å². The Hall–Kier alpha value is -2.89. The molecular formula is C18H18N4O2. The van der Waals surface area contributed by atoms with Gasteiger partial charge in [-0.25, -0.2) is 4.98 Å². The molecule has 0 spiro atoms. The molecule has 0 amide bonds. The van der Waals surface area contributed by atoms with Gasteiger partial charge in [-0.2, -0.15) is 10.2 Å². The third-order valence-corrected chi connectivity index (χ3v) is 4.15. The van der Waals surface area contributed by atoms with Crippen LogP contribution in [0.3, 0.4) is 0 Å². The Kier molecular flexibility index (Phi) is 3.65. The average Bonchev–Trinajstić information content (AvgIpc) is 3.44. The van der Waals surface area contributed by atoms with E-state index in [0.717, 1.165) is 27.8 Å². The molecule has 4 rings (SSSR count). The third kappa shape index (κ3) is 2.71. The third-order valence-electron chi connectivity index (χ3n) is 4.15. The molecule has 6 nitrogen and oxygen atoms in total. The van der Waals surface area contributed by atoms with E-state index in [2.05, 4.69) is 20.5 Å². The molecule has 1 N–H and O–H groups in total. The van der Waals surface area contributed by atoms with Crippen LogP contribution in [0.25, 0.3) is 22.0 Å². The van der Waals surface area contributed by atoms with Crippen molar-refractivity contribution in [1.29, 1.82) is 0 Å². The second-order valence-corrected chi connectivity index (χ2v) is 5.83. The van der Waals surface area contributed by atoms with Gasteiger partial charge in [-0.15, -0.1) is 0 Å². The normalized spacial score (nSPS) is 13.8. The summed E-state index contributed by atoms with van der Waals surface area (Å²) in [6, 6.07) is 8.39. The lowest BCUT2D eigenvalue weighted by molar-refractivity contribution is 0.356. The van der Waals surface area contributed by atoms with Crippen molar-refractivity contribution in [3.05, 3.63) is 36.7 Å². The minimum absolute atomic E-state index is 0.587. The van der Waals surface area contributed by atoms with E-state index in [-0.39, 0.29) is 0 Å². The maximum absolute atomic E-state index is 5.41. The number of hydrogen-bond donors (Lipinski definition) is 1. The largest absolute Gasteiger partial charge is 0.493 e. The lowest BCUT2D eigenvalue weighted by atomic mass is 10.0. The number of hydrogen-bond acceptors (Lipinski definition) is 6. The standard InChI is InChI=1S/C18H18N4O2/c1-23-16-7-13-14(10-20-22-15(13)8-17(16)24-2)11-3-6-18(19-9-11)21-12-4-5-12/h3,6-10,12H,4-5H2,1-2H3,(H,19,21). The Labute approximate surface area is 139 Å². The Morgan fingerprint density at radius 2 is 1.83 bits per heavy atom. The molecule has 1 fully saturated rings. The zero-order chi connectivity index (χ0) is 16.5. The summed E-state index contributed by atoms with van der Waals surface area (Å²) in [7, 11) is 3.23. The lowest BCUT2D eigenvalue weighted by Gasteiger charge is -2.11. The van der Waals surface area contributed by atoms with Gasteiger partial charge in [-0.05, 0) is 31.0 Å². The van der Waals surface area contributed by atoms with Crippen molar-refractivity contribution in [1.82, 2.24) is 15.2 Å². The van der Waals surface area contributed by atoms with E-state index in [9.17, 15) is 0 Å². The van der Waals surface area contributed by atoms with Gasteiger partial charge in [0.2, 0.25) is 0 Å². The number of anilines is 1. The van der Waals surface area contributed by atoms with E-state index >= 15 is 0 Å². The van der Waals surface area contributed by atoms with Crippen molar-refractivity contribution in [3.8, 4) is 22.6 Å². The van der Waals surface area contributed by atoms with Crippen LogP contribution in [0.5, 0.6) is 11.5 Å². The van der Waals surface area contributed by atoms with E-state index in [0.29, 0.717) is 17.5 Å². The Morgan fingerprint density at radius 3 is 2.50 bits per heavy atom. The Morgan fingerprint density at radius 1 is 1.04 bits per heavy atom. The highest BCUT2D eigenvalue weighted by Crippen LogP contribution is 2.35. The number of fused-ring (bicyclic) bond motifs is 1. The van der Waals surface area contributed by atoms with Gasteiger partial charge in [0.1, 0.15) is 5.82 Å². The van der Waals surface area contributed by atoms with Crippen LogP contribution in [-0.2, 0) is 0 Å². The summed E-state index contributed by atoms with van der Waals surface area (Å²) in [4.78, 5) is 4.50. The average molecular weight is 322 g/mol. The summed E-state index contributed by atoms with van der Waals surface area (Å²) in [6.07, 6.45) is 6.06. The first-order valence-electron chi connectivity index (χ1n) is 7.89. The van der Waals surface area contributed by atoms with Gasteiger partial charge in [0, 0.05) is 34.8 Å². The molecular weight excluding hydrogens is 304 g/mol. The van der Waals surface area contributed by atoms with Crippen molar-refractivity contribution in [2.75, 3.05) is 19.5 Å². The molecule has 6 heteroatoms. The van der Waals surface area contributed by atoms with Gasteiger partial charge >= 0.3 is 0 Å². The van der Waals surface area contributed by atoms with Crippen LogP contribution in [-0.4, -0.2) is 35.4 Å². The molecule has 0 saturated heterocycles. The van der Waals surface area contributed by atoms with Gasteiger partial charge in [-0.3, -0.25) is 0 Å². The highest BCUT2D eigenvalue weighted by molar-refractivity contribution is 5.95. The maximum atomic E-state index is 5.41. The molecule has 0 unspecified atom stereocenters. The van der Waals surface area contributed by atoms with E-state index in [4.69, 9.17) is 9.47 Å². The van der Waals surface area contributed by atoms with Crippen LogP contribution in [0.4, 0.5) is 5.82 Å². The van der Waals surface area contributed by atoms with E-state index in [1.54, 1.807) is 20.4 Å². The molecule has 0 bridgehead atoms. The number of nitrogens with one attached hydrogen (secondary N) is 1. The van der Waals surface area contributed by atoms with Crippen molar-refractivity contribution >= 4 is 16.7 Å². The summed E-state index contributed by atoms with van der Waals surface area (Å²) in [5.74, 6) is 2.21. The fourth-order valence-electron chi connectivity index (χ4n) is 2.69. The zero-order valence-electron chi connectivity index (χ0n) is 13.6. The van der Waals surface area contributed by atoms with Gasteiger partial charge in [0.05, 0.1) is 25.9 Å². The molecule has 2 aromatic heterocycles. The molecule has 2 heterocycles. The number of benzene rings is 1. The van der Waals surface area contributed by atoms with Crippen LogP contribution in [0.15, 0.2) is 36.7 Å². The second kappa shape index (κ2) is 5.96. The fraction of sp³-hybridized carbons (Fsp3) is 0.278. The molecule has 1 aromatic carbocycles. The summed E-state index contributed by atoms with van der Waals surface area (Å²) >= 11 is 0. The smallest absolute Gasteiger partial charge is 0.162 e. The molecule has 1 aliphatic carbocycles. The van der Waals surface area contributed by atoms with Gasteiger partial charge < -0.3 is 14.8 Å². The predicted octanol–water partition coefficient (Wildman–Crippen LogP) is 3.28. The van der Waals surface area contributed by atoms with Gasteiger partial charge in [0.25, 0.3) is 0 Å². The number of ether oxygens (including phenoxy) is 2. The second-order valence-electron chi connectivity index (χ2n) is 5.83. The van der Waals surface area contributed by atoms with Crippen molar-refractivity contribution < 1.29 is 9.47 Å². The van der Waals surface area contributed by atoms with Crippen LogP contribution >= 0.6 is 0 Å². The van der Waals surface area contributed by atoms with Crippen LogP contribution in [0.2, 0.25) is 0 Å². The van der Waals surface area contributed by atoms with E-state index in [1.165, 1.54) is 12.8 Å². The number of rotatable bonds is 5. The van der Waals surface area contributed by atoms with Crippen molar-refractivity contribution in [2.45, 2.75) is 18.9 Å². The SMILES string of the molecule is COc1cc2nncc(-c3ccc(NC4CC4)nc3)c2cc1OC. The van der Waals surface area contributed by atoms with E-state index in [1.807, 2.05) is 30.5 Å². The fourth-order valence-corrected chi connectivity index (χ4v) is 2.69. The van der Waals surface area contributed by atoms with Crippen LogP contribution in [0.1, 0.15) is 12.8 Å². The molecule has 3 aromatic rings. The first-order chi connectivity index (χ1) is 11.8. The number of methoxy groups -OCH3 is 2. The summed E-state index contributed by atoms with van der Waals surface area (Å²) in [5, 5.41) is 12.7. The quantitative estimate of drug-likeness (QED) is 0.777. The summed E-state index contributed by atoms with van der Waals surface area (Å²) in [6.45, 7) is 0. The number of nitrogens with zero attached hydrogens (tertiary/aromatic N) is 3. The van der Waals surface area contributed by atoms with Crippen molar-refractivity contribution in [3.63, 3.8) is 0 Å². The molecule has 0 atom stereocenters. The van der Waals surface area contributed by atoms with Crippen molar-refractivity contribution in [2.24, 2.45) is 0 Å². The highest BCUT2D eigenvalue weighted by Gasteiger charge is 2.21. The van der Waals surface area contributed by atoms with Gasteiger partial charge in [-0.1, -0.05) is 0 Å². The van der Waals surface area contributed by atoms with Gasteiger partial charge in [0.15, 0.2) is 11.5 Å². The monoisotopic (exact) mass is 322 g/mol. The minimum atomic E-state index is 0.587.